The number of hydrogen-bond acceptors (Lipinski definition) is 4. The highest BCUT2D eigenvalue weighted by Gasteiger charge is 2.24. The standard InChI is InChI=1S/C10H21N3O3/c1-4-8(9(11)12-15)10(14)13(2)6-5-7-16-3/h8,15H,4-7H2,1-3H3,(H2,11,12). The van der Waals surface area contributed by atoms with Crippen LogP contribution in [-0.2, 0) is 9.53 Å². The Morgan fingerprint density at radius 1 is 1.62 bits per heavy atom. The number of rotatable bonds is 7. The number of hydrogen-bond donors (Lipinski definition) is 2. The summed E-state index contributed by atoms with van der Waals surface area (Å²) in [4.78, 5) is 13.5. The zero-order valence-corrected chi connectivity index (χ0v) is 10.1. The smallest absolute Gasteiger partial charge is 0.233 e. The summed E-state index contributed by atoms with van der Waals surface area (Å²) in [7, 11) is 3.32. The summed E-state index contributed by atoms with van der Waals surface area (Å²) in [6, 6.07) is 0. The van der Waals surface area contributed by atoms with Gasteiger partial charge in [-0.2, -0.15) is 0 Å². The lowest BCUT2D eigenvalue weighted by Gasteiger charge is -2.22. The number of amides is 1. The highest BCUT2D eigenvalue weighted by Crippen LogP contribution is 2.07. The van der Waals surface area contributed by atoms with Crippen molar-refractivity contribution in [2.24, 2.45) is 16.8 Å². The van der Waals surface area contributed by atoms with Gasteiger partial charge in [-0.15, -0.1) is 0 Å². The van der Waals surface area contributed by atoms with Gasteiger partial charge in [-0.1, -0.05) is 12.1 Å². The summed E-state index contributed by atoms with van der Waals surface area (Å²) in [5.41, 5.74) is 5.45. The van der Waals surface area contributed by atoms with Crippen LogP contribution < -0.4 is 5.73 Å². The van der Waals surface area contributed by atoms with Gasteiger partial charge >= 0.3 is 0 Å². The van der Waals surface area contributed by atoms with E-state index in [1.807, 2.05) is 6.92 Å². The first kappa shape index (κ1) is 14.7. The predicted octanol–water partition coefficient (Wildman–Crippen LogP) is 0.254. The van der Waals surface area contributed by atoms with Crippen LogP contribution in [0.5, 0.6) is 0 Å². The van der Waals surface area contributed by atoms with Crippen LogP contribution in [0.3, 0.4) is 0 Å². The summed E-state index contributed by atoms with van der Waals surface area (Å²) < 4.78 is 4.90. The Morgan fingerprint density at radius 2 is 2.25 bits per heavy atom. The maximum Gasteiger partial charge on any atom is 0.233 e. The Morgan fingerprint density at radius 3 is 2.69 bits per heavy atom. The van der Waals surface area contributed by atoms with Crippen LogP contribution >= 0.6 is 0 Å². The van der Waals surface area contributed by atoms with Crippen molar-refractivity contribution in [1.82, 2.24) is 4.90 Å². The Labute approximate surface area is 96.0 Å². The lowest BCUT2D eigenvalue weighted by atomic mass is 10.0. The van der Waals surface area contributed by atoms with Gasteiger partial charge in [0, 0.05) is 27.3 Å². The molecule has 0 saturated heterocycles. The number of ether oxygens (including phenoxy) is 1. The molecular weight excluding hydrogens is 210 g/mol. The molecule has 0 aliphatic rings. The first-order valence-corrected chi connectivity index (χ1v) is 5.29. The second kappa shape index (κ2) is 7.92. The Balaban J connectivity index is 4.28. The molecule has 0 aromatic heterocycles. The third-order valence-electron chi connectivity index (χ3n) is 2.40. The summed E-state index contributed by atoms with van der Waals surface area (Å²) in [6.45, 7) is 3.03. The zero-order valence-electron chi connectivity index (χ0n) is 10.1. The third-order valence-corrected chi connectivity index (χ3v) is 2.40. The highest BCUT2D eigenvalue weighted by molar-refractivity contribution is 6.01. The van der Waals surface area contributed by atoms with Crippen LogP contribution in [0, 0.1) is 5.92 Å². The average molecular weight is 231 g/mol. The van der Waals surface area contributed by atoms with E-state index >= 15 is 0 Å². The van der Waals surface area contributed by atoms with Crippen LogP contribution in [0.1, 0.15) is 19.8 Å². The lowest BCUT2D eigenvalue weighted by molar-refractivity contribution is -0.132. The monoisotopic (exact) mass is 231 g/mol. The topological polar surface area (TPSA) is 88.2 Å². The molecule has 0 fully saturated rings. The summed E-state index contributed by atoms with van der Waals surface area (Å²) in [5, 5.41) is 11.4. The molecule has 0 heterocycles. The van der Waals surface area contributed by atoms with Crippen molar-refractivity contribution in [3.8, 4) is 0 Å². The highest BCUT2D eigenvalue weighted by atomic mass is 16.5. The molecule has 94 valence electrons. The van der Waals surface area contributed by atoms with Gasteiger partial charge < -0.3 is 20.6 Å². The minimum absolute atomic E-state index is 0.0360. The van der Waals surface area contributed by atoms with Crippen LogP contribution in [0.15, 0.2) is 5.16 Å². The van der Waals surface area contributed by atoms with Crippen LogP contribution in [0.2, 0.25) is 0 Å². The molecule has 0 aliphatic heterocycles. The molecule has 6 heteroatoms. The maximum atomic E-state index is 11.9. The molecule has 16 heavy (non-hydrogen) atoms. The number of carbonyl (C=O) groups excluding carboxylic acids is 1. The van der Waals surface area contributed by atoms with Gasteiger partial charge in [0.05, 0.1) is 5.92 Å². The molecule has 1 atom stereocenters. The van der Waals surface area contributed by atoms with Crippen molar-refractivity contribution >= 4 is 11.7 Å². The van der Waals surface area contributed by atoms with Crippen molar-refractivity contribution in [3.63, 3.8) is 0 Å². The molecule has 1 amide bonds. The minimum Gasteiger partial charge on any atom is -0.409 e. The molecule has 3 N–H and O–H groups in total. The molecule has 6 nitrogen and oxygen atoms in total. The van der Waals surface area contributed by atoms with E-state index in [0.29, 0.717) is 19.6 Å². The van der Waals surface area contributed by atoms with E-state index in [1.54, 1.807) is 19.1 Å². The first-order chi connectivity index (χ1) is 7.58. The fourth-order valence-electron chi connectivity index (χ4n) is 1.40. The third kappa shape index (κ3) is 4.48. The number of oxime groups is 1. The van der Waals surface area contributed by atoms with Gasteiger partial charge in [0.25, 0.3) is 0 Å². The van der Waals surface area contributed by atoms with E-state index in [0.717, 1.165) is 6.42 Å². The fraction of sp³-hybridized carbons (Fsp3) is 0.800. The van der Waals surface area contributed by atoms with Crippen molar-refractivity contribution < 1.29 is 14.7 Å². The summed E-state index contributed by atoms with van der Waals surface area (Å²) >= 11 is 0. The zero-order chi connectivity index (χ0) is 12.6. The SMILES string of the molecule is CCC(C(=O)N(C)CCCOC)C(N)=NO. The summed E-state index contributed by atoms with van der Waals surface area (Å²) in [6.07, 6.45) is 1.29. The Kier molecular flexibility index (Phi) is 7.28. The van der Waals surface area contributed by atoms with Crippen molar-refractivity contribution in [2.75, 3.05) is 27.3 Å². The normalized spacial score (nSPS) is 13.6. The molecule has 0 aliphatic carbocycles. The molecule has 0 bridgehead atoms. The van der Waals surface area contributed by atoms with Gasteiger partial charge in [0.15, 0.2) is 5.84 Å². The van der Waals surface area contributed by atoms with E-state index in [-0.39, 0.29) is 11.7 Å². The number of nitrogens with two attached hydrogens (primary N) is 1. The van der Waals surface area contributed by atoms with Gasteiger partial charge in [0.2, 0.25) is 5.91 Å². The molecular formula is C10H21N3O3. The minimum atomic E-state index is -0.544. The largest absolute Gasteiger partial charge is 0.409 e. The van der Waals surface area contributed by atoms with Gasteiger partial charge in [0.1, 0.15) is 0 Å². The maximum absolute atomic E-state index is 11.9. The first-order valence-electron chi connectivity index (χ1n) is 5.29. The fourth-order valence-corrected chi connectivity index (χ4v) is 1.40. The van der Waals surface area contributed by atoms with Gasteiger partial charge in [-0.05, 0) is 12.8 Å². The number of amidine groups is 1. The van der Waals surface area contributed by atoms with Crippen LogP contribution in [0.25, 0.3) is 0 Å². The second-order valence-electron chi connectivity index (χ2n) is 3.59. The Hall–Kier alpha value is -1.30. The van der Waals surface area contributed by atoms with Crippen LogP contribution in [-0.4, -0.2) is 49.2 Å². The van der Waals surface area contributed by atoms with Crippen molar-refractivity contribution in [1.29, 1.82) is 0 Å². The van der Waals surface area contributed by atoms with Gasteiger partial charge in [-0.25, -0.2) is 0 Å². The molecule has 0 aromatic carbocycles. The molecule has 0 radical (unpaired) electrons. The predicted molar refractivity (Wildman–Crippen MR) is 61.3 cm³/mol. The molecule has 0 spiro atoms. The number of nitrogens with zero attached hydrogens (tertiary/aromatic N) is 2. The second-order valence-corrected chi connectivity index (χ2v) is 3.59. The Bertz CT molecular complexity index is 243. The van der Waals surface area contributed by atoms with Crippen molar-refractivity contribution in [3.05, 3.63) is 0 Å². The number of methoxy groups -OCH3 is 1. The van der Waals surface area contributed by atoms with Crippen molar-refractivity contribution in [2.45, 2.75) is 19.8 Å². The van der Waals surface area contributed by atoms with E-state index in [4.69, 9.17) is 15.7 Å². The van der Waals surface area contributed by atoms with E-state index < -0.39 is 5.92 Å². The molecule has 0 saturated carbocycles. The average Bonchev–Trinajstić information content (AvgIpc) is 2.29. The summed E-state index contributed by atoms with van der Waals surface area (Å²) in [5.74, 6) is -0.711. The lowest BCUT2D eigenvalue weighted by Crippen LogP contribution is -2.40. The molecule has 0 aromatic rings. The number of carbonyl (C=O) groups is 1. The van der Waals surface area contributed by atoms with E-state index in [1.165, 1.54) is 0 Å². The molecule has 1 unspecified atom stereocenters. The molecule has 0 rings (SSSR count). The van der Waals surface area contributed by atoms with Crippen LogP contribution in [0.4, 0.5) is 0 Å². The van der Waals surface area contributed by atoms with E-state index in [2.05, 4.69) is 5.16 Å². The van der Waals surface area contributed by atoms with E-state index in [9.17, 15) is 4.79 Å². The quantitative estimate of drug-likeness (QED) is 0.216. The van der Waals surface area contributed by atoms with Gasteiger partial charge in [-0.3, -0.25) is 4.79 Å².